The van der Waals surface area contributed by atoms with E-state index in [4.69, 9.17) is 15.0 Å². The monoisotopic (exact) mass is 509 g/mol. The summed E-state index contributed by atoms with van der Waals surface area (Å²) in [6.45, 7) is 11.8. The van der Waals surface area contributed by atoms with E-state index >= 15 is 0 Å². The van der Waals surface area contributed by atoms with Crippen LogP contribution in [0, 0.1) is 10.8 Å². The highest BCUT2D eigenvalue weighted by molar-refractivity contribution is 6.53. The van der Waals surface area contributed by atoms with E-state index in [0.717, 1.165) is 35.9 Å². The second kappa shape index (κ2) is 11.0. The quantitative estimate of drug-likeness (QED) is 0.208. The molecule has 39 heavy (non-hydrogen) atoms. The minimum absolute atomic E-state index is 0.258. The van der Waals surface area contributed by atoms with Crippen molar-refractivity contribution < 1.29 is 0 Å². The largest absolute Gasteiger partial charge is 0.208 e. The SMILES string of the molecule is CC(C)(C)C(C)(C)CBc1cccc(-c2cccc(-c3nc(-c4ccccc4)nc(-c4ccccc4)n3)c2)c1. The van der Waals surface area contributed by atoms with Gasteiger partial charge < -0.3 is 0 Å². The van der Waals surface area contributed by atoms with E-state index in [-0.39, 0.29) is 10.8 Å². The summed E-state index contributed by atoms with van der Waals surface area (Å²) >= 11 is 0. The minimum Gasteiger partial charge on any atom is -0.208 e. The van der Waals surface area contributed by atoms with E-state index in [1.807, 2.05) is 60.7 Å². The Bertz CT molecular complexity index is 1500. The first kappa shape index (κ1) is 26.6. The van der Waals surface area contributed by atoms with Gasteiger partial charge in [0.2, 0.25) is 0 Å². The second-order valence-electron chi connectivity index (χ2n) is 12.0. The normalized spacial score (nSPS) is 11.8. The molecule has 194 valence electrons. The number of hydrogen-bond acceptors (Lipinski definition) is 3. The van der Waals surface area contributed by atoms with Gasteiger partial charge in [-0.15, -0.1) is 0 Å². The summed E-state index contributed by atoms with van der Waals surface area (Å²) < 4.78 is 0. The van der Waals surface area contributed by atoms with Crippen LogP contribution in [0.4, 0.5) is 0 Å². The molecule has 0 unspecified atom stereocenters. The van der Waals surface area contributed by atoms with Crippen molar-refractivity contribution in [1.82, 2.24) is 15.0 Å². The van der Waals surface area contributed by atoms with Gasteiger partial charge in [-0.05, 0) is 28.0 Å². The third kappa shape index (κ3) is 6.17. The lowest BCUT2D eigenvalue weighted by atomic mass is 9.53. The van der Waals surface area contributed by atoms with Crippen LogP contribution in [0.25, 0.3) is 45.3 Å². The molecule has 5 aromatic rings. The Labute approximate surface area is 233 Å². The molecule has 0 spiro atoms. The molecule has 0 atom stereocenters. The van der Waals surface area contributed by atoms with Gasteiger partial charge in [0.15, 0.2) is 24.8 Å². The number of aromatic nitrogens is 3. The van der Waals surface area contributed by atoms with Crippen molar-refractivity contribution in [2.75, 3.05) is 0 Å². The summed E-state index contributed by atoms with van der Waals surface area (Å²) in [6.07, 6.45) is 1.15. The van der Waals surface area contributed by atoms with E-state index in [1.165, 1.54) is 11.0 Å². The van der Waals surface area contributed by atoms with Crippen molar-refractivity contribution in [2.24, 2.45) is 10.8 Å². The van der Waals surface area contributed by atoms with E-state index in [9.17, 15) is 0 Å². The molecule has 1 heterocycles. The van der Waals surface area contributed by atoms with Crippen LogP contribution < -0.4 is 5.46 Å². The third-order valence-electron chi connectivity index (χ3n) is 8.15. The van der Waals surface area contributed by atoms with Crippen molar-refractivity contribution in [3.8, 4) is 45.3 Å². The molecule has 0 bridgehead atoms. The van der Waals surface area contributed by atoms with Crippen LogP contribution in [-0.4, -0.2) is 22.2 Å². The first-order valence-electron chi connectivity index (χ1n) is 13.8. The molecule has 0 amide bonds. The smallest absolute Gasteiger partial charge is 0.164 e. The zero-order valence-corrected chi connectivity index (χ0v) is 23.6. The summed E-state index contributed by atoms with van der Waals surface area (Å²) in [5.41, 5.74) is 7.18. The van der Waals surface area contributed by atoms with Crippen molar-refractivity contribution in [3.63, 3.8) is 0 Å². The molecule has 0 saturated heterocycles. The molecule has 0 fully saturated rings. The maximum Gasteiger partial charge on any atom is 0.164 e. The van der Waals surface area contributed by atoms with Gasteiger partial charge in [0, 0.05) is 16.7 Å². The lowest BCUT2D eigenvalue weighted by Gasteiger charge is -2.39. The Morgan fingerprint density at radius 3 is 1.46 bits per heavy atom. The molecule has 4 aromatic carbocycles. The first-order chi connectivity index (χ1) is 18.7. The summed E-state index contributed by atoms with van der Waals surface area (Å²) in [4.78, 5) is 14.6. The fourth-order valence-corrected chi connectivity index (χ4v) is 4.51. The highest BCUT2D eigenvalue weighted by Gasteiger charge is 2.32. The maximum absolute atomic E-state index is 4.91. The first-order valence-corrected chi connectivity index (χ1v) is 13.8. The molecule has 1 aromatic heterocycles. The van der Waals surface area contributed by atoms with E-state index < -0.39 is 0 Å². The average molecular weight is 510 g/mol. The van der Waals surface area contributed by atoms with Gasteiger partial charge in [-0.3, -0.25) is 0 Å². The fraction of sp³-hybridized carbons (Fsp3) is 0.229. The molecule has 0 aliphatic carbocycles. The molecule has 4 heteroatoms. The van der Waals surface area contributed by atoms with Crippen LogP contribution in [-0.2, 0) is 0 Å². The molecule has 0 saturated carbocycles. The van der Waals surface area contributed by atoms with E-state index in [0.29, 0.717) is 17.5 Å². The Kier molecular flexibility index (Phi) is 7.48. The molecule has 0 aliphatic rings. The summed E-state index contributed by atoms with van der Waals surface area (Å²) in [6, 6.07) is 37.7. The summed E-state index contributed by atoms with van der Waals surface area (Å²) in [5.74, 6) is 2.02. The topological polar surface area (TPSA) is 38.7 Å². The molecule has 0 N–H and O–H groups in total. The van der Waals surface area contributed by atoms with Crippen LogP contribution in [0.5, 0.6) is 0 Å². The number of hydrogen-bond donors (Lipinski definition) is 0. The fourth-order valence-electron chi connectivity index (χ4n) is 4.51. The highest BCUT2D eigenvalue weighted by Crippen LogP contribution is 2.40. The molecular formula is C35H36BN3. The Hall–Kier alpha value is -4.05. The van der Waals surface area contributed by atoms with Gasteiger partial charge in [-0.1, -0.05) is 150 Å². The Morgan fingerprint density at radius 2 is 0.923 bits per heavy atom. The van der Waals surface area contributed by atoms with Crippen LogP contribution in [0.2, 0.25) is 6.32 Å². The van der Waals surface area contributed by atoms with Gasteiger partial charge in [-0.25, -0.2) is 15.0 Å². The zero-order valence-electron chi connectivity index (χ0n) is 23.6. The van der Waals surface area contributed by atoms with Gasteiger partial charge in [0.05, 0.1) is 0 Å². The van der Waals surface area contributed by atoms with Gasteiger partial charge in [0.25, 0.3) is 0 Å². The maximum atomic E-state index is 4.91. The van der Waals surface area contributed by atoms with Gasteiger partial charge >= 0.3 is 0 Å². The third-order valence-corrected chi connectivity index (χ3v) is 8.15. The van der Waals surface area contributed by atoms with Crippen molar-refractivity contribution >= 4 is 12.7 Å². The number of nitrogens with zero attached hydrogens (tertiary/aromatic N) is 3. The minimum atomic E-state index is 0.258. The van der Waals surface area contributed by atoms with Gasteiger partial charge in [0.1, 0.15) is 0 Å². The Balaban J connectivity index is 1.50. The van der Waals surface area contributed by atoms with Crippen molar-refractivity contribution in [1.29, 1.82) is 0 Å². The van der Waals surface area contributed by atoms with Crippen LogP contribution in [0.15, 0.2) is 109 Å². The van der Waals surface area contributed by atoms with Crippen molar-refractivity contribution in [2.45, 2.75) is 40.9 Å². The van der Waals surface area contributed by atoms with Crippen LogP contribution in [0.3, 0.4) is 0 Å². The molecule has 0 aliphatic heterocycles. The molecule has 3 nitrogen and oxygen atoms in total. The number of rotatable bonds is 7. The predicted molar refractivity (Wildman–Crippen MR) is 166 cm³/mol. The highest BCUT2D eigenvalue weighted by atomic mass is 15.0. The molecule has 5 rings (SSSR count). The van der Waals surface area contributed by atoms with Gasteiger partial charge in [-0.2, -0.15) is 0 Å². The van der Waals surface area contributed by atoms with E-state index in [1.54, 1.807) is 0 Å². The standard InChI is InChI=1S/C35H36BN3/c1-34(2,3)35(4,5)24-36-30-21-13-19-28(23-30)27-18-12-20-29(22-27)33-38-31(25-14-8-6-9-15-25)37-32(39-33)26-16-10-7-11-17-26/h6-23,36H,24H2,1-5H3. The van der Waals surface area contributed by atoms with Crippen molar-refractivity contribution in [3.05, 3.63) is 109 Å². The average Bonchev–Trinajstić information content (AvgIpc) is 2.96. The summed E-state index contributed by atoms with van der Waals surface area (Å²) in [7, 11) is 1.06. The Morgan fingerprint density at radius 1 is 0.487 bits per heavy atom. The summed E-state index contributed by atoms with van der Waals surface area (Å²) in [5, 5.41) is 0. The van der Waals surface area contributed by atoms with Crippen LogP contribution in [0.1, 0.15) is 34.6 Å². The predicted octanol–water partition coefficient (Wildman–Crippen LogP) is 8.09. The van der Waals surface area contributed by atoms with E-state index in [2.05, 4.69) is 83.1 Å². The number of benzene rings is 4. The second-order valence-corrected chi connectivity index (χ2v) is 12.0. The lowest BCUT2D eigenvalue weighted by molar-refractivity contribution is 0.157. The lowest BCUT2D eigenvalue weighted by Crippen LogP contribution is -2.33. The molecular weight excluding hydrogens is 473 g/mol. The zero-order chi connectivity index (χ0) is 27.5. The molecule has 0 radical (unpaired) electrons. The van der Waals surface area contributed by atoms with Crippen LogP contribution >= 0.6 is 0 Å².